The third kappa shape index (κ3) is 1.58. The van der Waals surface area contributed by atoms with Crippen molar-refractivity contribution < 1.29 is 0 Å². The summed E-state index contributed by atoms with van der Waals surface area (Å²) >= 11 is 0. The predicted molar refractivity (Wildman–Crippen MR) is 94.7 cm³/mol. The summed E-state index contributed by atoms with van der Waals surface area (Å²) in [6.45, 7) is 0. The summed E-state index contributed by atoms with van der Waals surface area (Å²) in [5.74, 6) is 0. The molecule has 2 aromatic rings. The van der Waals surface area contributed by atoms with Crippen LogP contribution in [0, 0.1) is 0 Å². The lowest BCUT2D eigenvalue weighted by Crippen LogP contribution is -1.75. The van der Waals surface area contributed by atoms with Gasteiger partial charge in [0.25, 0.3) is 0 Å². The smallest absolute Gasteiger partial charge is 0.0105 e. The van der Waals surface area contributed by atoms with Crippen molar-refractivity contribution in [2.75, 3.05) is 0 Å². The summed E-state index contributed by atoms with van der Waals surface area (Å²) in [4.78, 5) is 0. The molecule has 0 saturated heterocycles. The molecule has 22 heavy (non-hydrogen) atoms. The van der Waals surface area contributed by atoms with Crippen LogP contribution in [0.2, 0.25) is 0 Å². The lowest BCUT2D eigenvalue weighted by Gasteiger charge is -2.01. The highest BCUT2D eigenvalue weighted by atomic mass is 14.2. The molecule has 102 valence electrons. The molecule has 0 bridgehead atoms. The van der Waals surface area contributed by atoms with Gasteiger partial charge in [0.15, 0.2) is 0 Å². The van der Waals surface area contributed by atoms with Crippen LogP contribution in [0.3, 0.4) is 0 Å². The minimum atomic E-state index is 1.31. The van der Waals surface area contributed by atoms with Gasteiger partial charge in [-0.15, -0.1) is 0 Å². The Labute approximate surface area is 129 Å². The van der Waals surface area contributed by atoms with Crippen LogP contribution < -0.4 is 0 Å². The number of fused-ring (bicyclic) bond motifs is 6. The summed E-state index contributed by atoms with van der Waals surface area (Å²) < 4.78 is 0. The second-order valence-electron chi connectivity index (χ2n) is 5.87. The maximum Gasteiger partial charge on any atom is -0.0105 e. The maximum absolute atomic E-state index is 2.32. The van der Waals surface area contributed by atoms with Crippen LogP contribution in [-0.4, -0.2) is 0 Å². The Kier molecular flexibility index (Phi) is 2.31. The van der Waals surface area contributed by atoms with E-state index in [9.17, 15) is 0 Å². The van der Waals surface area contributed by atoms with Crippen molar-refractivity contribution >= 4 is 21.5 Å². The molecule has 0 amide bonds. The Morgan fingerprint density at radius 1 is 0.409 bits per heavy atom. The minimum absolute atomic E-state index is 1.31. The topological polar surface area (TPSA) is 0 Å². The van der Waals surface area contributed by atoms with Crippen molar-refractivity contribution in [1.82, 2.24) is 0 Å². The molecule has 0 heteroatoms. The maximum atomic E-state index is 2.32. The van der Waals surface area contributed by atoms with Crippen molar-refractivity contribution in [3.63, 3.8) is 0 Å². The average molecular weight is 278 g/mol. The Morgan fingerprint density at radius 3 is 1.45 bits per heavy atom. The minimum Gasteiger partial charge on any atom is -0.0616 e. The average Bonchev–Trinajstić information content (AvgIpc) is 3.04. The Morgan fingerprint density at radius 2 is 0.909 bits per heavy atom. The van der Waals surface area contributed by atoms with Crippen LogP contribution in [-0.2, 0) is 0 Å². The fourth-order valence-electron chi connectivity index (χ4n) is 3.56. The van der Waals surface area contributed by atoms with Gasteiger partial charge in [-0.3, -0.25) is 0 Å². The zero-order chi connectivity index (χ0) is 14.5. The molecule has 0 heterocycles. The SMILES string of the molecule is c1cc2c3ccccc3cc-2cc2cc3ccccc3c-2c1. The van der Waals surface area contributed by atoms with Gasteiger partial charge in [0, 0.05) is 0 Å². The summed E-state index contributed by atoms with van der Waals surface area (Å²) in [6.07, 6.45) is 0. The molecular weight excluding hydrogens is 264 g/mol. The van der Waals surface area contributed by atoms with E-state index in [1.165, 1.54) is 43.8 Å². The standard InChI is InChI=1S/C22H14/c1-3-8-19-15(6-1)12-17-14-18-13-16-7-2-4-9-20(16)22(18)11-5-10-21(17)19/h1-14H. The third-order valence-electron chi connectivity index (χ3n) is 4.58. The van der Waals surface area contributed by atoms with Gasteiger partial charge < -0.3 is 0 Å². The second-order valence-corrected chi connectivity index (χ2v) is 5.87. The number of hydrogen-bond donors (Lipinski definition) is 0. The van der Waals surface area contributed by atoms with Gasteiger partial charge in [-0.05, 0) is 62.0 Å². The van der Waals surface area contributed by atoms with Gasteiger partial charge in [-0.2, -0.15) is 0 Å². The number of hydrogen-bond acceptors (Lipinski definition) is 0. The summed E-state index contributed by atoms with van der Waals surface area (Å²) in [7, 11) is 0. The molecular formula is C22H14. The lowest BCUT2D eigenvalue weighted by molar-refractivity contribution is 1.72. The van der Waals surface area contributed by atoms with E-state index in [4.69, 9.17) is 0 Å². The van der Waals surface area contributed by atoms with Gasteiger partial charge in [-0.1, -0.05) is 66.7 Å². The molecule has 0 unspecified atom stereocenters. The number of benzene rings is 2. The summed E-state index contributed by atoms with van der Waals surface area (Å²) in [5, 5.41) is 5.29. The van der Waals surface area contributed by atoms with E-state index in [1.54, 1.807) is 0 Å². The van der Waals surface area contributed by atoms with Crippen LogP contribution in [0.25, 0.3) is 43.8 Å². The highest BCUT2D eigenvalue weighted by Crippen LogP contribution is 2.39. The molecule has 0 aromatic heterocycles. The first kappa shape index (κ1) is 11.8. The molecule has 0 spiro atoms. The van der Waals surface area contributed by atoms with E-state index in [0.717, 1.165) is 0 Å². The molecule has 3 aliphatic carbocycles. The normalized spacial score (nSPS) is 11.6. The molecule has 0 saturated carbocycles. The van der Waals surface area contributed by atoms with Crippen molar-refractivity contribution in [2.45, 2.75) is 0 Å². The lowest BCUT2D eigenvalue weighted by atomic mass is 10.0. The van der Waals surface area contributed by atoms with Gasteiger partial charge in [0.1, 0.15) is 0 Å². The van der Waals surface area contributed by atoms with Crippen LogP contribution in [0.5, 0.6) is 0 Å². The molecule has 2 aromatic carbocycles. The molecule has 0 atom stereocenters. The Hall–Kier alpha value is -2.86. The Balaban J connectivity index is 1.93. The molecule has 3 aliphatic rings. The van der Waals surface area contributed by atoms with E-state index in [2.05, 4.69) is 84.9 Å². The van der Waals surface area contributed by atoms with Crippen molar-refractivity contribution in [3.05, 3.63) is 84.9 Å². The molecule has 0 nitrogen and oxygen atoms in total. The van der Waals surface area contributed by atoms with E-state index in [1.807, 2.05) is 0 Å². The van der Waals surface area contributed by atoms with Gasteiger partial charge in [-0.25, -0.2) is 0 Å². The molecule has 0 aliphatic heterocycles. The van der Waals surface area contributed by atoms with Crippen LogP contribution in [0.4, 0.5) is 0 Å². The largest absolute Gasteiger partial charge is 0.0616 e. The Bertz CT molecular complexity index is 988. The number of rotatable bonds is 0. The highest BCUT2D eigenvalue weighted by molar-refractivity contribution is 6.06. The van der Waals surface area contributed by atoms with Crippen molar-refractivity contribution in [2.24, 2.45) is 0 Å². The first-order valence-corrected chi connectivity index (χ1v) is 7.63. The monoisotopic (exact) mass is 278 g/mol. The van der Waals surface area contributed by atoms with Crippen LogP contribution in [0.1, 0.15) is 0 Å². The van der Waals surface area contributed by atoms with Crippen molar-refractivity contribution in [3.8, 4) is 22.3 Å². The highest BCUT2D eigenvalue weighted by Gasteiger charge is 2.12. The third-order valence-corrected chi connectivity index (χ3v) is 4.58. The summed E-state index contributed by atoms with van der Waals surface area (Å²) in [6, 6.07) is 30.8. The zero-order valence-electron chi connectivity index (χ0n) is 12.1. The van der Waals surface area contributed by atoms with Crippen LogP contribution in [0.15, 0.2) is 84.9 Å². The van der Waals surface area contributed by atoms with Crippen LogP contribution >= 0.6 is 0 Å². The first-order valence-electron chi connectivity index (χ1n) is 7.63. The van der Waals surface area contributed by atoms with E-state index in [-0.39, 0.29) is 0 Å². The van der Waals surface area contributed by atoms with E-state index >= 15 is 0 Å². The second kappa shape index (κ2) is 4.32. The molecule has 0 N–H and O–H groups in total. The first-order chi connectivity index (χ1) is 10.9. The molecule has 0 radical (unpaired) electrons. The zero-order valence-corrected chi connectivity index (χ0v) is 12.1. The fraction of sp³-hybridized carbons (Fsp3) is 0. The van der Waals surface area contributed by atoms with Gasteiger partial charge in [0.05, 0.1) is 0 Å². The quantitative estimate of drug-likeness (QED) is 0.316. The predicted octanol–water partition coefficient (Wildman–Crippen LogP) is 6.20. The van der Waals surface area contributed by atoms with Crippen molar-refractivity contribution in [1.29, 1.82) is 0 Å². The molecule has 5 rings (SSSR count). The fourth-order valence-corrected chi connectivity index (χ4v) is 3.56. The summed E-state index contributed by atoms with van der Waals surface area (Å²) in [5.41, 5.74) is 5.26. The van der Waals surface area contributed by atoms with E-state index in [0.29, 0.717) is 0 Å². The van der Waals surface area contributed by atoms with Gasteiger partial charge >= 0.3 is 0 Å². The molecule has 0 fully saturated rings. The van der Waals surface area contributed by atoms with Gasteiger partial charge in [0.2, 0.25) is 0 Å². The van der Waals surface area contributed by atoms with E-state index < -0.39 is 0 Å².